The van der Waals surface area contributed by atoms with Crippen LogP contribution in [-0.4, -0.2) is 16.7 Å². The second kappa shape index (κ2) is 10.3. The summed E-state index contributed by atoms with van der Waals surface area (Å²) < 4.78 is 58.2. The molecule has 5 nitrogen and oxygen atoms in total. The normalized spacial score (nSPS) is 11.4. The summed E-state index contributed by atoms with van der Waals surface area (Å²) in [5.74, 6) is 1.33. The van der Waals surface area contributed by atoms with Crippen molar-refractivity contribution in [1.82, 2.24) is 9.55 Å². The van der Waals surface area contributed by atoms with E-state index in [4.69, 9.17) is 25.8 Å². The van der Waals surface area contributed by atoms with Gasteiger partial charge in [0, 0.05) is 30.5 Å². The second-order valence-electron chi connectivity index (χ2n) is 7.79. The van der Waals surface area contributed by atoms with Gasteiger partial charge in [0.1, 0.15) is 24.7 Å². The number of rotatable bonds is 8. The minimum absolute atomic E-state index is 0.189. The van der Waals surface area contributed by atoms with Gasteiger partial charge in [0.25, 0.3) is 0 Å². The van der Waals surface area contributed by atoms with E-state index >= 15 is 0 Å². The van der Waals surface area contributed by atoms with E-state index in [2.05, 4.69) is 4.98 Å². The summed E-state index contributed by atoms with van der Waals surface area (Å²) in [6, 6.07) is 17.1. The van der Waals surface area contributed by atoms with Crippen molar-refractivity contribution < 1.29 is 27.4 Å². The second-order valence-corrected chi connectivity index (χ2v) is 8.23. The zero-order valence-electron chi connectivity index (χ0n) is 19.0. The molecule has 0 aliphatic heterocycles. The van der Waals surface area contributed by atoms with E-state index in [9.17, 15) is 13.2 Å². The first-order valence-electron chi connectivity index (χ1n) is 10.6. The quantitative estimate of drug-likeness (QED) is 0.262. The van der Waals surface area contributed by atoms with Gasteiger partial charge in [-0.2, -0.15) is 13.2 Å². The molecule has 0 aliphatic carbocycles. The molecule has 0 aliphatic rings. The molecule has 2 aromatic heterocycles. The van der Waals surface area contributed by atoms with Crippen LogP contribution < -0.4 is 14.2 Å². The average molecular weight is 503 g/mol. The number of benzene rings is 2. The van der Waals surface area contributed by atoms with Crippen LogP contribution in [0, 0.1) is 0 Å². The van der Waals surface area contributed by atoms with Crippen molar-refractivity contribution in [3.05, 3.63) is 94.8 Å². The number of pyridine rings is 1. The lowest BCUT2D eigenvalue weighted by Gasteiger charge is -2.14. The Morgan fingerprint density at radius 2 is 1.54 bits per heavy atom. The maximum atomic E-state index is 13.3. The molecule has 9 heteroatoms. The standard InChI is InChI=1S/C26H22ClF3N2O3/c1-32-14-19(26(28,29)30)11-23(32)22-13-31-25(35-16-17-3-7-20(27)8-4-17)12-24(22)34-15-18-5-9-21(33-2)10-6-18/h3-14H,15-16H2,1-2H3. The lowest BCUT2D eigenvalue weighted by Crippen LogP contribution is -2.02. The molecule has 0 saturated heterocycles. The van der Waals surface area contributed by atoms with Crippen LogP contribution in [0.25, 0.3) is 11.3 Å². The minimum Gasteiger partial charge on any atom is -0.497 e. The van der Waals surface area contributed by atoms with Gasteiger partial charge in [-0.15, -0.1) is 0 Å². The van der Waals surface area contributed by atoms with Crippen LogP contribution in [0.15, 0.2) is 73.1 Å². The van der Waals surface area contributed by atoms with Crippen LogP contribution in [0.2, 0.25) is 5.02 Å². The van der Waals surface area contributed by atoms with Crippen LogP contribution in [0.3, 0.4) is 0 Å². The van der Waals surface area contributed by atoms with E-state index < -0.39 is 11.7 Å². The van der Waals surface area contributed by atoms with Crippen molar-refractivity contribution in [2.45, 2.75) is 19.4 Å². The third kappa shape index (κ3) is 6.08. The summed E-state index contributed by atoms with van der Waals surface area (Å²) in [6.07, 6.45) is -1.97. The van der Waals surface area contributed by atoms with Crippen molar-refractivity contribution in [1.29, 1.82) is 0 Å². The highest BCUT2D eigenvalue weighted by molar-refractivity contribution is 6.30. The minimum atomic E-state index is -4.46. The Kier molecular flexibility index (Phi) is 7.21. The van der Waals surface area contributed by atoms with Crippen LogP contribution >= 0.6 is 11.6 Å². The first-order chi connectivity index (χ1) is 16.7. The highest BCUT2D eigenvalue weighted by Crippen LogP contribution is 2.37. The van der Waals surface area contributed by atoms with Gasteiger partial charge < -0.3 is 18.8 Å². The van der Waals surface area contributed by atoms with Gasteiger partial charge in [-0.25, -0.2) is 4.98 Å². The molecule has 0 unspecified atom stereocenters. The number of alkyl halides is 3. The molecule has 0 atom stereocenters. The monoisotopic (exact) mass is 502 g/mol. The summed E-state index contributed by atoms with van der Waals surface area (Å²) in [5.41, 5.74) is 1.73. The topological polar surface area (TPSA) is 45.5 Å². The van der Waals surface area contributed by atoms with Gasteiger partial charge in [0.2, 0.25) is 5.88 Å². The first kappa shape index (κ1) is 24.5. The zero-order chi connectivity index (χ0) is 25.0. The van der Waals surface area contributed by atoms with E-state index in [0.717, 1.165) is 23.4 Å². The van der Waals surface area contributed by atoms with Crippen molar-refractivity contribution in [3.63, 3.8) is 0 Å². The Hall–Kier alpha value is -3.65. The fourth-order valence-electron chi connectivity index (χ4n) is 3.42. The Balaban J connectivity index is 1.62. The van der Waals surface area contributed by atoms with Crippen LogP contribution in [0.1, 0.15) is 16.7 Å². The lowest BCUT2D eigenvalue weighted by atomic mass is 10.1. The smallest absolute Gasteiger partial charge is 0.417 e. The fourth-order valence-corrected chi connectivity index (χ4v) is 3.54. The number of aryl methyl sites for hydroxylation is 1. The fraction of sp³-hybridized carbons (Fsp3) is 0.192. The highest BCUT2D eigenvalue weighted by Gasteiger charge is 2.33. The molecule has 182 valence electrons. The van der Waals surface area contributed by atoms with Crippen LogP contribution in [0.4, 0.5) is 13.2 Å². The zero-order valence-corrected chi connectivity index (χ0v) is 19.7. The van der Waals surface area contributed by atoms with E-state index in [1.165, 1.54) is 10.8 Å². The Labute approximate surface area is 205 Å². The van der Waals surface area contributed by atoms with Crippen molar-refractivity contribution in [3.8, 4) is 28.6 Å². The summed E-state index contributed by atoms with van der Waals surface area (Å²) in [4.78, 5) is 4.30. The number of halogens is 4. The number of aromatic nitrogens is 2. The Bertz CT molecular complexity index is 1290. The predicted molar refractivity (Wildman–Crippen MR) is 127 cm³/mol. The van der Waals surface area contributed by atoms with Gasteiger partial charge in [0.05, 0.1) is 23.9 Å². The summed E-state index contributed by atoms with van der Waals surface area (Å²) >= 11 is 5.92. The number of ether oxygens (including phenoxy) is 3. The number of methoxy groups -OCH3 is 1. The third-order valence-corrected chi connectivity index (χ3v) is 5.55. The molecule has 2 aromatic carbocycles. The third-order valence-electron chi connectivity index (χ3n) is 5.30. The maximum Gasteiger partial charge on any atom is 0.417 e. The molecule has 0 bridgehead atoms. The molecule has 0 amide bonds. The number of hydrogen-bond donors (Lipinski definition) is 0. The molecular weight excluding hydrogens is 481 g/mol. The number of hydrogen-bond acceptors (Lipinski definition) is 4. The van der Waals surface area contributed by atoms with Gasteiger partial charge in [-0.05, 0) is 41.5 Å². The molecule has 4 rings (SSSR count). The first-order valence-corrected chi connectivity index (χ1v) is 11.0. The molecule has 0 fully saturated rings. The average Bonchev–Trinajstić information content (AvgIpc) is 3.24. The SMILES string of the molecule is COc1ccc(COc2cc(OCc3ccc(Cl)cc3)ncc2-c2cc(C(F)(F)F)cn2C)cc1. The Morgan fingerprint density at radius 3 is 2.14 bits per heavy atom. The highest BCUT2D eigenvalue weighted by atomic mass is 35.5. The maximum absolute atomic E-state index is 13.3. The van der Waals surface area contributed by atoms with Gasteiger partial charge in [-0.3, -0.25) is 0 Å². The van der Waals surface area contributed by atoms with Crippen molar-refractivity contribution >= 4 is 11.6 Å². The van der Waals surface area contributed by atoms with Gasteiger partial charge in [-0.1, -0.05) is 35.9 Å². The van der Waals surface area contributed by atoms with E-state index in [-0.39, 0.29) is 19.1 Å². The Morgan fingerprint density at radius 1 is 0.914 bits per heavy atom. The molecule has 0 saturated carbocycles. The van der Waals surface area contributed by atoms with Crippen LogP contribution in [-0.2, 0) is 26.4 Å². The summed E-state index contributed by atoms with van der Waals surface area (Å²) in [6.45, 7) is 0.429. The van der Waals surface area contributed by atoms with Crippen LogP contribution in [0.5, 0.6) is 17.4 Å². The molecule has 35 heavy (non-hydrogen) atoms. The van der Waals surface area contributed by atoms with E-state index in [1.54, 1.807) is 44.5 Å². The molecule has 0 spiro atoms. The number of nitrogens with zero attached hydrogens (tertiary/aromatic N) is 2. The molecular formula is C26H22ClF3N2O3. The lowest BCUT2D eigenvalue weighted by molar-refractivity contribution is -0.137. The molecule has 4 aromatic rings. The van der Waals surface area contributed by atoms with Gasteiger partial charge >= 0.3 is 6.18 Å². The molecule has 2 heterocycles. The van der Waals surface area contributed by atoms with Crippen molar-refractivity contribution in [2.75, 3.05) is 7.11 Å². The summed E-state index contributed by atoms with van der Waals surface area (Å²) in [7, 11) is 3.12. The largest absolute Gasteiger partial charge is 0.497 e. The van der Waals surface area contributed by atoms with Crippen molar-refractivity contribution in [2.24, 2.45) is 7.05 Å². The molecule has 0 radical (unpaired) electrons. The summed E-state index contributed by atoms with van der Waals surface area (Å²) in [5, 5.41) is 0.617. The molecule has 0 N–H and O–H groups in total. The van der Waals surface area contributed by atoms with E-state index in [0.29, 0.717) is 27.8 Å². The van der Waals surface area contributed by atoms with Gasteiger partial charge in [0.15, 0.2) is 0 Å². The van der Waals surface area contributed by atoms with E-state index in [1.807, 2.05) is 24.3 Å². The predicted octanol–water partition coefficient (Wildman–Crippen LogP) is 6.93.